The summed E-state index contributed by atoms with van der Waals surface area (Å²) in [6, 6.07) is 10.2. The molecule has 2 N–H and O–H groups in total. The second-order valence-electron chi connectivity index (χ2n) is 5.43. The minimum Gasteiger partial charge on any atom is -0.338 e. The zero-order chi connectivity index (χ0) is 14.2. The van der Waals surface area contributed by atoms with Gasteiger partial charge in [-0.25, -0.2) is 4.98 Å². The average molecular weight is 266 g/mol. The largest absolute Gasteiger partial charge is 0.338 e. The van der Waals surface area contributed by atoms with Gasteiger partial charge in [0.1, 0.15) is 5.82 Å². The molecule has 102 valence electrons. The molecule has 0 unspecified atom stereocenters. The van der Waals surface area contributed by atoms with Gasteiger partial charge < -0.3 is 10.3 Å². The highest BCUT2D eigenvalue weighted by Crippen LogP contribution is 2.25. The van der Waals surface area contributed by atoms with E-state index in [2.05, 4.69) is 52.3 Å². The maximum absolute atomic E-state index is 4.63. The first kappa shape index (κ1) is 12.8. The van der Waals surface area contributed by atoms with Crippen LogP contribution in [-0.4, -0.2) is 22.0 Å². The maximum Gasteiger partial charge on any atom is 0.138 e. The molecule has 3 rings (SSSR count). The van der Waals surface area contributed by atoms with E-state index in [0.717, 1.165) is 22.4 Å². The Morgan fingerprint density at radius 3 is 2.55 bits per heavy atom. The summed E-state index contributed by atoms with van der Waals surface area (Å²) in [7, 11) is 1.97. The van der Waals surface area contributed by atoms with Gasteiger partial charge in [-0.1, -0.05) is 6.07 Å². The summed E-state index contributed by atoms with van der Waals surface area (Å²) in [6.45, 7) is 4.32. The lowest BCUT2D eigenvalue weighted by atomic mass is 9.94. The van der Waals surface area contributed by atoms with Gasteiger partial charge in [0.2, 0.25) is 0 Å². The predicted octanol–water partition coefficient (Wildman–Crippen LogP) is 3.08. The van der Waals surface area contributed by atoms with Crippen molar-refractivity contribution >= 4 is 11.0 Å². The third-order valence-corrected chi connectivity index (χ3v) is 3.78. The summed E-state index contributed by atoms with van der Waals surface area (Å²) in [6.07, 6.45) is 3.55. The Morgan fingerprint density at radius 1 is 1.10 bits per heavy atom. The Balaban J connectivity index is 2.09. The molecule has 0 radical (unpaired) electrons. The van der Waals surface area contributed by atoms with Crippen molar-refractivity contribution in [3.63, 3.8) is 0 Å². The van der Waals surface area contributed by atoms with Crippen LogP contribution in [0.5, 0.6) is 0 Å². The number of nitrogens with zero attached hydrogens (tertiary/aromatic N) is 2. The van der Waals surface area contributed by atoms with E-state index >= 15 is 0 Å². The number of nitrogens with one attached hydrogen (secondary N) is 2. The maximum atomic E-state index is 4.63. The molecule has 3 aromatic rings. The Morgan fingerprint density at radius 2 is 1.85 bits per heavy atom. The van der Waals surface area contributed by atoms with Crippen molar-refractivity contribution in [3.05, 3.63) is 48.3 Å². The predicted molar refractivity (Wildman–Crippen MR) is 81.4 cm³/mol. The van der Waals surface area contributed by atoms with Crippen LogP contribution in [0, 0.1) is 0 Å². The number of hydrogen-bond donors (Lipinski definition) is 2. The van der Waals surface area contributed by atoms with Gasteiger partial charge in [0.05, 0.1) is 11.0 Å². The standard InChI is InChI=1S/C16H18N4/c1-16(2,17-3)12-4-5-13-14(10-12)20-15(19-13)11-6-8-18-9-7-11/h4-10,17H,1-3H3,(H,19,20). The van der Waals surface area contributed by atoms with Gasteiger partial charge in [-0.05, 0) is 50.7 Å². The summed E-state index contributed by atoms with van der Waals surface area (Å²) in [5, 5.41) is 3.32. The van der Waals surface area contributed by atoms with Crippen LogP contribution in [0.2, 0.25) is 0 Å². The molecule has 4 nitrogen and oxygen atoms in total. The Kier molecular flexibility index (Phi) is 3.03. The third-order valence-electron chi connectivity index (χ3n) is 3.78. The molecule has 0 fully saturated rings. The van der Waals surface area contributed by atoms with Crippen molar-refractivity contribution in [2.75, 3.05) is 7.05 Å². The topological polar surface area (TPSA) is 53.6 Å². The first-order valence-electron chi connectivity index (χ1n) is 6.70. The molecule has 0 spiro atoms. The van der Waals surface area contributed by atoms with E-state index < -0.39 is 0 Å². The summed E-state index contributed by atoms with van der Waals surface area (Å²) in [5.41, 5.74) is 4.25. The smallest absolute Gasteiger partial charge is 0.138 e. The molecular weight excluding hydrogens is 248 g/mol. The van der Waals surface area contributed by atoms with Gasteiger partial charge in [0, 0.05) is 23.5 Å². The van der Waals surface area contributed by atoms with Crippen molar-refractivity contribution in [1.82, 2.24) is 20.3 Å². The first-order valence-corrected chi connectivity index (χ1v) is 6.70. The molecule has 0 atom stereocenters. The molecule has 1 aromatic carbocycles. The average Bonchev–Trinajstić information content (AvgIpc) is 2.91. The van der Waals surface area contributed by atoms with Crippen molar-refractivity contribution in [2.24, 2.45) is 0 Å². The number of fused-ring (bicyclic) bond motifs is 1. The van der Waals surface area contributed by atoms with Crippen LogP contribution in [0.3, 0.4) is 0 Å². The van der Waals surface area contributed by atoms with Crippen LogP contribution in [-0.2, 0) is 5.54 Å². The Labute approximate surface area is 118 Å². The van der Waals surface area contributed by atoms with Gasteiger partial charge in [0.15, 0.2) is 0 Å². The van der Waals surface area contributed by atoms with Gasteiger partial charge >= 0.3 is 0 Å². The molecule has 0 aliphatic carbocycles. The number of benzene rings is 1. The van der Waals surface area contributed by atoms with Crippen LogP contribution >= 0.6 is 0 Å². The molecule has 20 heavy (non-hydrogen) atoms. The lowest BCUT2D eigenvalue weighted by Crippen LogP contribution is -2.32. The van der Waals surface area contributed by atoms with E-state index in [1.807, 2.05) is 19.2 Å². The lowest BCUT2D eigenvalue weighted by molar-refractivity contribution is 0.445. The lowest BCUT2D eigenvalue weighted by Gasteiger charge is -2.24. The van der Waals surface area contributed by atoms with E-state index in [0.29, 0.717) is 0 Å². The Hall–Kier alpha value is -2.20. The summed E-state index contributed by atoms with van der Waals surface area (Å²) < 4.78 is 0. The van der Waals surface area contributed by atoms with E-state index in [4.69, 9.17) is 0 Å². The number of pyridine rings is 1. The molecule has 0 bridgehead atoms. The van der Waals surface area contributed by atoms with E-state index in [9.17, 15) is 0 Å². The van der Waals surface area contributed by atoms with Crippen molar-refractivity contribution in [1.29, 1.82) is 0 Å². The fourth-order valence-corrected chi connectivity index (χ4v) is 2.19. The number of aromatic amines is 1. The van der Waals surface area contributed by atoms with Gasteiger partial charge in [-0.2, -0.15) is 0 Å². The number of H-pyrrole nitrogens is 1. The molecule has 4 heteroatoms. The van der Waals surface area contributed by atoms with Gasteiger partial charge in [-0.3, -0.25) is 4.98 Å². The van der Waals surface area contributed by atoms with E-state index in [1.165, 1.54) is 5.56 Å². The molecule has 0 aliphatic heterocycles. The van der Waals surface area contributed by atoms with Crippen LogP contribution < -0.4 is 5.32 Å². The summed E-state index contributed by atoms with van der Waals surface area (Å²) in [4.78, 5) is 12.0. The molecule has 0 amide bonds. The highest BCUT2D eigenvalue weighted by molar-refractivity contribution is 5.80. The fourth-order valence-electron chi connectivity index (χ4n) is 2.19. The minimum absolute atomic E-state index is 0.0594. The van der Waals surface area contributed by atoms with Crippen molar-refractivity contribution in [3.8, 4) is 11.4 Å². The number of hydrogen-bond acceptors (Lipinski definition) is 3. The third kappa shape index (κ3) is 2.18. The normalized spacial score (nSPS) is 11.9. The van der Waals surface area contributed by atoms with Crippen LogP contribution in [0.4, 0.5) is 0 Å². The molecule has 2 aromatic heterocycles. The first-order chi connectivity index (χ1) is 9.60. The molecule has 0 saturated heterocycles. The highest BCUT2D eigenvalue weighted by Gasteiger charge is 2.18. The zero-order valence-corrected chi connectivity index (χ0v) is 11.9. The fraction of sp³-hybridized carbons (Fsp3) is 0.250. The molecule has 0 aliphatic rings. The van der Waals surface area contributed by atoms with Crippen LogP contribution in [0.25, 0.3) is 22.4 Å². The van der Waals surface area contributed by atoms with E-state index in [-0.39, 0.29) is 5.54 Å². The van der Waals surface area contributed by atoms with Gasteiger partial charge in [-0.15, -0.1) is 0 Å². The monoisotopic (exact) mass is 266 g/mol. The summed E-state index contributed by atoms with van der Waals surface area (Å²) in [5.74, 6) is 0.877. The minimum atomic E-state index is -0.0594. The molecular formula is C16H18N4. The number of rotatable bonds is 3. The van der Waals surface area contributed by atoms with Crippen molar-refractivity contribution in [2.45, 2.75) is 19.4 Å². The van der Waals surface area contributed by atoms with Gasteiger partial charge in [0.25, 0.3) is 0 Å². The number of imidazole rings is 1. The van der Waals surface area contributed by atoms with Crippen molar-refractivity contribution < 1.29 is 0 Å². The Bertz CT molecular complexity index is 729. The highest BCUT2D eigenvalue weighted by atomic mass is 14.9. The molecule has 0 saturated carbocycles. The molecule has 2 heterocycles. The van der Waals surface area contributed by atoms with Crippen LogP contribution in [0.1, 0.15) is 19.4 Å². The number of aromatic nitrogens is 3. The summed E-state index contributed by atoms with van der Waals surface area (Å²) >= 11 is 0. The second-order valence-corrected chi connectivity index (χ2v) is 5.43. The van der Waals surface area contributed by atoms with Crippen LogP contribution in [0.15, 0.2) is 42.7 Å². The SMILES string of the molecule is CNC(C)(C)c1ccc2nc(-c3ccncc3)[nH]c2c1. The van der Waals surface area contributed by atoms with E-state index in [1.54, 1.807) is 12.4 Å². The quantitative estimate of drug-likeness (QED) is 0.766. The zero-order valence-electron chi connectivity index (χ0n) is 11.9. The second kappa shape index (κ2) is 4.72.